The SMILES string of the molecule is CC(CN1CCOCC1)Nc1ccc(C(=O)O)c(Cl)c1. The predicted octanol–water partition coefficient (Wildman–Crippen LogP) is 2.17. The Kier molecular flexibility index (Phi) is 5.23. The highest BCUT2D eigenvalue weighted by Crippen LogP contribution is 2.21. The number of carboxylic acids is 1. The van der Waals surface area contributed by atoms with Crippen LogP contribution in [-0.4, -0.2) is 54.9 Å². The van der Waals surface area contributed by atoms with Crippen molar-refractivity contribution >= 4 is 23.3 Å². The summed E-state index contributed by atoms with van der Waals surface area (Å²) in [4.78, 5) is 13.2. The molecule has 20 heavy (non-hydrogen) atoms. The zero-order valence-electron chi connectivity index (χ0n) is 11.4. The summed E-state index contributed by atoms with van der Waals surface area (Å²) in [7, 11) is 0. The smallest absolute Gasteiger partial charge is 0.337 e. The molecule has 0 aromatic heterocycles. The van der Waals surface area contributed by atoms with Gasteiger partial charge in [-0.05, 0) is 25.1 Å². The zero-order valence-corrected chi connectivity index (χ0v) is 12.2. The van der Waals surface area contributed by atoms with E-state index in [1.807, 2.05) is 0 Å². The van der Waals surface area contributed by atoms with Gasteiger partial charge in [-0.3, -0.25) is 4.90 Å². The van der Waals surface area contributed by atoms with E-state index in [-0.39, 0.29) is 16.6 Å². The molecule has 5 nitrogen and oxygen atoms in total. The average Bonchev–Trinajstić information content (AvgIpc) is 2.39. The summed E-state index contributed by atoms with van der Waals surface area (Å²) in [6.45, 7) is 6.48. The number of halogens is 1. The van der Waals surface area contributed by atoms with Crippen molar-refractivity contribution in [2.45, 2.75) is 13.0 Å². The van der Waals surface area contributed by atoms with Gasteiger partial charge in [0.15, 0.2) is 0 Å². The maximum atomic E-state index is 10.9. The van der Waals surface area contributed by atoms with Crippen LogP contribution in [0.5, 0.6) is 0 Å². The minimum atomic E-state index is -1.01. The van der Waals surface area contributed by atoms with Crippen LogP contribution in [0.2, 0.25) is 5.02 Å². The molecule has 1 aromatic carbocycles. The van der Waals surface area contributed by atoms with Crippen molar-refractivity contribution in [1.82, 2.24) is 4.90 Å². The van der Waals surface area contributed by atoms with Gasteiger partial charge in [-0.25, -0.2) is 4.79 Å². The Morgan fingerprint density at radius 1 is 1.50 bits per heavy atom. The Bertz CT molecular complexity index is 475. The number of hydrogen-bond acceptors (Lipinski definition) is 4. The first-order valence-electron chi connectivity index (χ1n) is 6.66. The molecule has 0 spiro atoms. The Morgan fingerprint density at radius 2 is 2.20 bits per heavy atom. The molecule has 0 aliphatic carbocycles. The topological polar surface area (TPSA) is 61.8 Å². The maximum absolute atomic E-state index is 10.9. The lowest BCUT2D eigenvalue weighted by Gasteiger charge is -2.29. The average molecular weight is 299 g/mol. The summed E-state index contributed by atoms with van der Waals surface area (Å²) in [6, 6.07) is 5.17. The van der Waals surface area contributed by atoms with Crippen molar-refractivity contribution < 1.29 is 14.6 Å². The van der Waals surface area contributed by atoms with E-state index in [2.05, 4.69) is 17.1 Å². The molecule has 0 radical (unpaired) electrons. The molecular weight excluding hydrogens is 280 g/mol. The lowest BCUT2D eigenvalue weighted by Crippen LogP contribution is -2.42. The van der Waals surface area contributed by atoms with Gasteiger partial charge in [0.1, 0.15) is 0 Å². The van der Waals surface area contributed by atoms with Crippen molar-refractivity contribution in [2.75, 3.05) is 38.2 Å². The number of aromatic carboxylic acids is 1. The van der Waals surface area contributed by atoms with E-state index in [0.717, 1.165) is 38.5 Å². The molecular formula is C14H19ClN2O3. The summed E-state index contributed by atoms with van der Waals surface area (Å²) in [6.07, 6.45) is 0. The standard InChI is InChI=1S/C14H19ClN2O3/c1-10(9-17-4-6-20-7-5-17)16-11-2-3-12(14(18)19)13(15)8-11/h2-3,8,10,16H,4-7,9H2,1H3,(H,18,19). The van der Waals surface area contributed by atoms with Gasteiger partial charge in [-0.15, -0.1) is 0 Å². The third kappa shape index (κ3) is 4.10. The highest BCUT2D eigenvalue weighted by Gasteiger charge is 2.14. The van der Waals surface area contributed by atoms with E-state index >= 15 is 0 Å². The Hall–Kier alpha value is -1.30. The van der Waals surface area contributed by atoms with Crippen LogP contribution in [0.25, 0.3) is 0 Å². The quantitative estimate of drug-likeness (QED) is 0.872. The lowest BCUT2D eigenvalue weighted by molar-refractivity contribution is 0.0368. The third-order valence-electron chi connectivity index (χ3n) is 3.25. The number of nitrogens with one attached hydrogen (secondary N) is 1. The van der Waals surface area contributed by atoms with Gasteiger partial charge in [-0.2, -0.15) is 0 Å². The molecule has 2 rings (SSSR count). The van der Waals surface area contributed by atoms with Crippen molar-refractivity contribution in [3.05, 3.63) is 28.8 Å². The fourth-order valence-electron chi connectivity index (χ4n) is 2.28. The summed E-state index contributed by atoms with van der Waals surface area (Å²) < 4.78 is 5.32. The molecule has 2 N–H and O–H groups in total. The predicted molar refractivity (Wildman–Crippen MR) is 78.8 cm³/mol. The van der Waals surface area contributed by atoms with E-state index in [1.165, 1.54) is 6.07 Å². The van der Waals surface area contributed by atoms with Gasteiger partial charge in [0, 0.05) is 31.4 Å². The first-order chi connectivity index (χ1) is 9.56. The zero-order chi connectivity index (χ0) is 14.5. The molecule has 1 saturated heterocycles. The molecule has 6 heteroatoms. The van der Waals surface area contributed by atoms with Crippen LogP contribution in [0, 0.1) is 0 Å². The number of anilines is 1. The highest BCUT2D eigenvalue weighted by molar-refractivity contribution is 6.33. The summed E-state index contributed by atoms with van der Waals surface area (Å²) in [5, 5.41) is 12.5. The monoisotopic (exact) mass is 298 g/mol. The fourth-order valence-corrected chi connectivity index (χ4v) is 2.54. The van der Waals surface area contributed by atoms with E-state index < -0.39 is 5.97 Å². The van der Waals surface area contributed by atoms with Crippen LogP contribution in [0.15, 0.2) is 18.2 Å². The van der Waals surface area contributed by atoms with Crippen molar-refractivity contribution in [1.29, 1.82) is 0 Å². The molecule has 1 heterocycles. The molecule has 1 atom stereocenters. The van der Waals surface area contributed by atoms with Gasteiger partial charge in [0.25, 0.3) is 0 Å². The van der Waals surface area contributed by atoms with Gasteiger partial charge in [-0.1, -0.05) is 11.6 Å². The fraction of sp³-hybridized carbons (Fsp3) is 0.500. The number of rotatable bonds is 5. The molecule has 0 saturated carbocycles. The normalized spacial score (nSPS) is 17.7. The van der Waals surface area contributed by atoms with Gasteiger partial charge in [0.05, 0.1) is 23.8 Å². The highest BCUT2D eigenvalue weighted by atomic mass is 35.5. The van der Waals surface area contributed by atoms with Crippen LogP contribution >= 0.6 is 11.6 Å². The number of carbonyl (C=O) groups is 1. The minimum absolute atomic E-state index is 0.123. The Morgan fingerprint density at radius 3 is 2.80 bits per heavy atom. The lowest BCUT2D eigenvalue weighted by atomic mass is 10.2. The summed E-state index contributed by atoms with van der Waals surface area (Å²) >= 11 is 5.95. The second kappa shape index (κ2) is 6.92. The first kappa shape index (κ1) is 15.1. The van der Waals surface area contributed by atoms with Crippen molar-refractivity contribution in [3.63, 3.8) is 0 Å². The van der Waals surface area contributed by atoms with Crippen LogP contribution in [-0.2, 0) is 4.74 Å². The summed E-state index contributed by atoms with van der Waals surface area (Å²) in [5.74, 6) is -1.01. The van der Waals surface area contributed by atoms with E-state index in [1.54, 1.807) is 12.1 Å². The molecule has 110 valence electrons. The Labute approximate surface area is 123 Å². The number of carboxylic acid groups (broad SMARTS) is 1. The minimum Gasteiger partial charge on any atom is -0.478 e. The molecule has 1 fully saturated rings. The van der Waals surface area contributed by atoms with Crippen molar-refractivity contribution in [3.8, 4) is 0 Å². The van der Waals surface area contributed by atoms with Gasteiger partial charge < -0.3 is 15.2 Å². The van der Waals surface area contributed by atoms with Crippen LogP contribution < -0.4 is 5.32 Å². The third-order valence-corrected chi connectivity index (χ3v) is 3.56. The maximum Gasteiger partial charge on any atom is 0.337 e. The molecule has 1 aliphatic rings. The summed E-state index contributed by atoms with van der Waals surface area (Å²) in [5.41, 5.74) is 0.957. The molecule has 0 amide bonds. The second-order valence-corrected chi connectivity index (χ2v) is 5.37. The van der Waals surface area contributed by atoms with E-state index in [4.69, 9.17) is 21.4 Å². The number of morpholine rings is 1. The van der Waals surface area contributed by atoms with Crippen LogP contribution in [0.3, 0.4) is 0 Å². The first-order valence-corrected chi connectivity index (χ1v) is 7.03. The number of benzene rings is 1. The largest absolute Gasteiger partial charge is 0.478 e. The molecule has 1 aromatic rings. The van der Waals surface area contributed by atoms with E-state index in [0.29, 0.717) is 0 Å². The van der Waals surface area contributed by atoms with Crippen molar-refractivity contribution in [2.24, 2.45) is 0 Å². The number of ether oxygens (including phenoxy) is 1. The van der Waals surface area contributed by atoms with Crippen LogP contribution in [0.4, 0.5) is 5.69 Å². The van der Waals surface area contributed by atoms with Gasteiger partial charge >= 0.3 is 5.97 Å². The second-order valence-electron chi connectivity index (χ2n) is 4.96. The molecule has 1 unspecified atom stereocenters. The molecule has 0 bridgehead atoms. The van der Waals surface area contributed by atoms with E-state index in [9.17, 15) is 4.79 Å². The molecule has 1 aliphatic heterocycles. The van der Waals surface area contributed by atoms with Crippen LogP contribution in [0.1, 0.15) is 17.3 Å². The number of hydrogen-bond donors (Lipinski definition) is 2. The Balaban J connectivity index is 1.92. The van der Waals surface area contributed by atoms with Gasteiger partial charge in [0.2, 0.25) is 0 Å². The number of nitrogens with zero attached hydrogens (tertiary/aromatic N) is 1.